The highest BCUT2D eigenvalue weighted by molar-refractivity contribution is 6.26. The normalized spacial score (nSPS) is 21.5. The van der Waals surface area contributed by atoms with Gasteiger partial charge in [0.1, 0.15) is 6.54 Å². The minimum atomic E-state index is -0.758. The van der Waals surface area contributed by atoms with Crippen molar-refractivity contribution >= 4 is 23.4 Å². The van der Waals surface area contributed by atoms with Gasteiger partial charge in [0.05, 0.1) is 51.5 Å². The predicted molar refractivity (Wildman–Crippen MR) is 176 cm³/mol. The van der Waals surface area contributed by atoms with Gasteiger partial charge in [0.15, 0.2) is 34.6 Å². The quantitative estimate of drug-likeness (QED) is 0.190. The lowest BCUT2D eigenvalue weighted by atomic mass is 9.65. The summed E-state index contributed by atoms with van der Waals surface area (Å²) in [5.74, 6) is -1.09. The van der Waals surface area contributed by atoms with E-state index in [0.717, 1.165) is 16.7 Å². The summed E-state index contributed by atoms with van der Waals surface area (Å²) in [5.41, 5.74) is 3.72. The minimum Gasteiger partial charge on any atom is -0.493 e. The number of cyclic esters (lactones) is 1. The highest BCUT2D eigenvalue weighted by atomic mass is 16.7. The van der Waals surface area contributed by atoms with Gasteiger partial charge < -0.3 is 33.7 Å². The molecule has 0 saturated carbocycles. The Morgan fingerprint density at radius 1 is 0.902 bits per heavy atom. The molecule has 1 N–H and O–H groups in total. The Balaban J connectivity index is 1.05. The number of nitrogens with one attached hydrogen (secondary N) is 1. The molecule has 262 valence electrons. The third-order valence-corrected chi connectivity index (χ3v) is 10.2. The van der Waals surface area contributed by atoms with Crippen LogP contribution in [0.25, 0.3) is 0 Å². The highest BCUT2D eigenvalue weighted by Crippen LogP contribution is 2.55. The first-order valence-electron chi connectivity index (χ1n) is 16.5. The second-order valence-corrected chi connectivity index (χ2v) is 12.9. The first-order chi connectivity index (χ1) is 24.8. The molecule has 3 aromatic carbocycles. The standard InChI is InChI=1S/C37H34N4O10/c1-46-28-10-18(11-29(47-2)36(28)48-3)31-23-12-26-27(51-17-50-26)13-24(23)33(25-16-49-37(45)32(25)31)38-30(42)15-41-14-19(39-40-41)8-9-22-34(43)20-6-4-5-7-21(20)35(22)44/h4-7,10-14,22,25,31-33H,8-9,15-17H2,1-3H3,(H,38,42)/t25-,31+,32-,33+/m0/s1. The van der Waals surface area contributed by atoms with Crippen molar-refractivity contribution in [3.8, 4) is 28.7 Å². The van der Waals surface area contributed by atoms with Gasteiger partial charge in [-0.3, -0.25) is 19.2 Å². The summed E-state index contributed by atoms with van der Waals surface area (Å²) in [5, 5.41) is 11.4. The van der Waals surface area contributed by atoms with Gasteiger partial charge in [-0.2, -0.15) is 0 Å². The number of benzene rings is 3. The fraction of sp³-hybridized carbons (Fsp3) is 0.351. The van der Waals surface area contributed by atoms with Crippen LogP contribution in [0.4, 0.5) is 0 Å². The Morgan fingerprint density at radius 2 is 1.57 bits per heavy atom. The molecule has 0 bridgehead atoms. The molecule has 1 amide bonds. The fourth-order valence-corrected chi connectivity index (χ4v) is 7.89. The van der Waals surface area contributed by atoms with Gasteiger partial charge in [0.2, 0.25) is 18.4 Å². The zero-order valence-corrected chi connectivity index (χ0v) is 28.0. The Kier molecular flexibility index (Phi) is 8.08. The Bertz CT molecular complexity index is 2030. The lowest BCUT2D eigenvalue weighted by Gasteiger charge is -2.39. The molecule has 4 aromatic rings. The van der Waals surface area contributed by atoms with Crippen LogP contribution in [0.15, 0.2) is 54.7 Å². The van der Waals surface area contributed by atoms with E-state index in [1.54, 1.807) is 30.5 Å². The molecule has 14 heteroatoms. The van der Waals surface area contributed by atoms with E-state index in [9.17, 15) is 19.2 Å². The van der Waals surface area contributed by atoms with E-state index in [1.165, 1.54) is 26.0 Å². The van der Waals surface area contributed by atoms with Gasteiger partial charge >= 0.3 is 5.97 Å². The molecule has 4 atom stereocenters. The zero-order valence-electron chi connectivity index (χ0n) is 28.0. The van der Waals surface area contributed by atoms with E-state index in [2.05, 4.69) is 15.6 Å². The largest absolute Gasteiger partial charge is 0.493 e. The first-order valence-corrected chi connectivity index (χ1v) is 16.5. The second-order valence-electron chi connectivity index (χ2n) is 12.9. The van der Waals surface area contributed by atoms with Gasteiger partial charge in [0.25, 0.3) is 0 Å². The number of hydrogen-bond donors (Lipinski definition) is 1. The molecule has 2 aliphatic carbocycles. The van der Waals surface area contributed by atoms with Gasteiger partial charge in [-0.25, -0.2) is 4.68 Å². The Hall–Kier alpha value is -5.92. The summed E-state index contributed by atoms with van der Waals surface area (Å²) in [6.07, 6.45) is 2.26. The number of aromatic nitrogens is 3. The van der Waals surface area contributed by atoms with E-state index in [0.29, 0.717) is 52.0 Å². The monoisotopic (exact) mass is 694 g/mol. The number of ketones is 2. The van der Waals surface area contributed by atoms with Crippen LogP contribution < -0.4 is 29.0 Å². The van der Waals surface area contributed by atoms with Crippen molar-refractivity contribution in [1.82, 2.24) is 20.3 Å². The number of rotatable bonds is 10. The molecule has 1 aromatic heterocycles. The van der Waals surface area contributed by atoms with E-state index in [4.69, 9.17) is 28.4 Å². The van der Waals surface area contributed by atoms with Crippen LogP contribution in [0.3, 0.4) is 0 Å². The zero-order chi connectivity index (χ0) is 35.4. The maximum absolute atomic E-state index is 13.7. The van der Waals surface area contributed by atoms with Crippen molar-refractivity contribution < 1.29 is 47.6 Å². The van der Waals surface area contributed by atoms with Crippen LogP contribution in [0, 0.1) is 17.8 Å². The van der Waals surface area contributed by atoms with Crippen molar-refractivity contribution in [2.45, 2.75) is 31.3 Å². The predicted octanol–water partition coefficient (Wildman–Crippen LogP) is 3.45. The molecular formula is C37H34N4O10. The number of nitrogens with zero attached hydrogens (tertiary/aromatic N) is 3. The number of carbonyl (C=O) groups is 4. The number of methoxy groups -OCH3 is 3. The van der Waals surface area contributed by atoms with Crippen molar-refractivity contribution in [1.29, 1.82) is 0 Å². The van der Waals surface area contributed by atoms with Crippen molar-refractivity contribution in [2.24, 2.45) is 17.8 Å². The highest BCUT2D eigenvalue weighted by Gasteiger charge is 2.53. The number of esters is 1. The number of amides is 1. The summed E-state index contributed by atoms with van der Waals surface area (Å²) in [6, 6.07) is 13.6. The maximum Gasteiger partial charge on any atom is 0.310 e. The minimum absolute atomic E-state index is 0.0453. The van der Waals surface area contributed by atoms with Crippen LogP contribution in [-0.2, 0) is 27.3 Å². The van der Waals surface area contributed by atoms with Gasteiger partial charge in [-0.05, 0) is 53.8 Å². The molecule has 0 spiro atoms. The molecule has 14 nitrogen and oxygen atoms in total. The SMILES string of the molecule is COc1cc([C@@H]2c3cc4c(cc3[C@@H](NC(=O)Cn3cc(CCC5C(=O)c6ccccc6C5=O)nn3)[C@H]3COC(=O)[C@H]23)OCO4)cc(OC)c1OC. The first kappa shape index (κ1) is 32.3. The molecule has 3 heterocycles. The summed E-state index contributed by atoms with van der Waals surface area (Å²) >= 11 is 0. The Labute approximate surface area is 291 Å². The molecule has 1 fully saturated rings. The third kappa shape index (κ3) is 5.41. The lowest BCUT2D eigenvalue weighted by molar-refractivity contribution is -0.141. The average molecular weight is 695 g/mol. The third-order valence-electron chi connectivity index (χ3n) is 10.2. The lowest BCUT2D eigenvalue weighted by Crippen LogP contribution is -2.43. The van der Waals surface area contributed by atoms with E-state index < -0.39 is 29.7 Å². The smallest absolute Gasteiger partial charge is 0.310 e. The molecule has 8 rings (SSSR count). The molecule has 2 aliphatic heterocycles. The van der Waals surface area contributed by atoms with Crippen LogP contribution in [0.2, 0.25) is 0 Å². The Morgan fingerprint density at radius 3 is 2.22 bits per heavy atom. The number of fused-ring (bicyclic) bond motifs is 4. The van der Waals surface area contributed by atoms with Gasteiger partial charge in [-0.15, -0.1) is 5.10 Å². The number of Topliss-reactive ketones (excluding diaryl/α,β-unsaturated/α-hetero) is 2. The van der Waals surface area contributed by atoms with Crippen molar-refractivity contribution in [3.63, 3.8) is 0 Å². The number of aryl methyl sites for hydroxylation is 1. The number of ether oxygens (including phenoxy) is 6. The van der Waals surface area contributed by atoms with Crippen LogP contribution in [-0.4, -0.2) is 73.2 Å². The van der Waals surface area contributed by atoms with E-state index >= 15 is 0 Å². The summed E-state index contributed by atoms with van der Waals surface area (Å²) in [4.78, 5) is 52.8. The van der Waals surface area contributed by atoms with E-state index in [1.807, 2.05) is 24.3 Å². The summed E-state index contributed by atoms with van der Waals surface area (Å²) < 4.78 is 35.4. The fourth-order valence-electron chi connectivity index (χ4n) is 7.89. The molecule has 0 radical (unpaired) electrons. The molecular weight excluding hydrogens is 660 g/mol. The van der Waals surface area contributed by atoms with E-state index in [-0.39, 0.29) is 49.8 Å². The van der Waals surface area contributed by atoms with Crippen LogP contribution >= 0.6 is 0 Å². The average Bonchev–Trinajstić information content (AvgIpc) is 3.93. The van der Waals surface area contributed by atoms with Crippen LogP contribution in [0.1, 0.15) is 61.5 Å². The van der Waals surface area contributed by atoms with Crippen molar-refractivity contribution in [3.05, 3.63) is 88.2 Å². The number of carbonyl (C=O) groups excluding carboxylic acids is 4. The maximum atomic E-state index is 13.7. The summed E-state index contributed by atoms with van der Waals surface area (Å²) in [7, 11) is 4.58. The van der Waals surface area contributed by atoms with Crippen LogP contribution in [0.5, 0.6) is 28.7 Å². The molecule has 4 aliphatic rings. The second kappa shape index (κ2) is 12.8. The number of hydrogen-bond acceptors (Lipinski definition) is 12. The van der Waals surface area contributed by atoms with Gasteiger partial charge in [0, 0.05) is 29.2 Å². The van der Waals surface area contributed by atoms with Crippen molar-refractivity contribution in [2.75, 3.05) is 34.7 Å². The summed E-state index contributed by atoms with van der Waals surface area (Å²) in [6.45, 7) is -0.0125. The molecule has 51 heavy (non-hydrogen) atoms. The molecule has 0 unspecified atom stereocenters. The topological polar surface area (TPSA) is 166 Å². The van der Waals surface area contributed by atoms with Gasteiger partial charge in [-0.1, -0.05) is 29.5 Å². The molecule has 1 saturated heterocycles.